The van der Waals surface area contributed by atoms with E-state index >= 15 is 0 Å². The minimum absolute atomic E-state index is 0.392. The van der Waals surface area contributed by atoms with Crippen LogP contribution in [0, 0.1) is 0 Å². The van der Waals surface area contributed by atoms with Crippen molar-refractivity contribution in [1.29, 1.82) is 0 Å². The van der Waals surface area contributed by atoms with Crippen LogP contribution in [0.3, 0.4) is 0 Å². The average molecular weight is 176 g/mol. The fourth-order valence-corrected chi connectivity index (χ4v) is 0.866. The van der Waals surface area contributed by atoms with Gasteiger partial charge in [0.05, 0.1) is 6.54 Å². The highest BCUT2D eigenvalue weighted by Gasteiger charge is 2.08. The minimum atomic E-state index is -2.39. The topological polar surface area (TPSA) is 42.7 Å². The summed E-state index contributed by atoms with van der Waals surface area (Å²) in [5, 5.41) is 6.48. The van der Waals surface area contributed by atoms with Crippen molar-refractivity contribution in [2.45, 2.75) is 19.5 Å². The van der Waals surface area contributed by atoms with E-state index in [9.17, 15) is 8.78 Å². The quantitative estimate of drug-likeness (QED) is 0.715. The molecule has 0 aliphatic heterocycles. The maximum absolute atomic E-state index is 11.9. The smallest absolute Gasteiger partial charge is 0.257 e. The summed E-state index contributed by atoms with van der Waals surface area (Å²) < 4.78 is 25.0. The highest BCUT2D eigenvalue weighted by molar-refractivity contribution is 4.83. The van der Waals surface area contributed by atoms with Crippen molar-refractivity contribution in [3.8, 4) is 0 Å². The molecule has 1 N–H and O–H groups in total. The van der Waals surface area contributed by atoms with Gasteiger partial charge in [0.15, 0.2) is 0 Å². The molecule has 6 heteroatoms. The molecular weight excluding hydrogens is 166 g/mol. The molecule has 0 spiro atoms. The summed E-state index contributed by atoms with van der Waals surface area (Å²) in [6, 6.07) is 0. The first-order chi connectivity index (χ1) is 5.74. The van der Waals surface area contributed by atoms with E-state index < -0.39 is 13.0 Å². The van der Waals surface area contributed by atoms with Gasteiger partial charge in [0.2, 0.25) is 0 Å². The van der Waals surface area contributed by atoms with E-state index in [1.807, 2.05) is 0 Å². The molecule has 68 valence electrons. The summed E-state index contributed by atoms with van der Waals surface area (Å²) in [6.45, 7) is 0.0593. The number of alkyl halides is 2. The van der Waals surface area contributed by atoms with Gasteiger partial charge in [-0.2, -0.15) is 5.10 Å². The van der Waals surface area contributed by atoms with Crippen LogP contribution in [0.4, 0.5) is 8.78 Å². The molecule has 4 nitrogen and oxygen atoms in total. The van der Waals surface area contributed by atoms with E-state index in [-0.39, 0.29) is 0 Å². The van der Waals surface area contributed by atoms with Crippen LogP contribution >= 0.6 is 0 Å². The van der Waals surface area contributed by atoms with E-state index in [1.54, 1.807) is 7.05 Å². The zero-order valence-corrected chi connectivity index (χ0v) is 6.67. The number of nitrogens with zero attached hydrogens (tertiary/aromatic N) is 3. The van der Waals surface area contributed by atoms with Crippen molar-refractivity contribution in [3.05, 3.63) is 12.2 Å². The van der Waals surface area contributed by atoms with Crippen molar-refractivity contribution in [3.63, 3.8) is 0 Å². The van der Waals surface area contributed by atoms with E-state index in [1.165, 1.54) is 11.0 Å². The molecular formula is C6H10F2N4. The molecule has 0 bridgehead atoms. The third-order valence-electron chi connectivity index (χ3n) is 1.34. The van der Waals surface area contributed by atoms with E-state index in [2.05, 4.69) is 15.4 Å². The summed E-state index contributed by atoms with van der Waals surface area (Å²) in [4.78, 5) is 3.82. The van der Waals surface area contributed by atoms with Gasteiger partial charge in [-0.25, -0.2) is 18.4 Å². The molecule has 0 aliphatic carbocycles. The molecule has 0 fully saturated rings. The van der Waals surface area contributed by atoms with E-state index in [0.29, 0.717) is 12.4 Å². The fraction of sp³-hybridized carbons (Fsp3) is 0.667. The van der Waals surface area contributed by atoms with Crippen LogP contribution in [0.15, 0.2) is 6.33 Å². The monoisotopic (exact) mass is 176 g/mol. The van der Waals surface area contributed by atoms with Crippen LogP contribution in [0.1, 0.15) is 5.82 Å². The lowest BCUT2D eigenvalue weighted by Crippen LogP contribution is -2.16. The number of rotatable bonds is 4. The lowest BCUT2D eigenvalue weighted by atomic mass is 10.5. The molecule has 1 aromatic heterocycles. The van der Waals surface area contributed by atoms with Crippen LogP contribution in [-0.4, -0.2) is 28.2 Å². The maximum Gasteiger partial charge on any atom is 0.257 e. The van der Waals surface area contributed by atoms with Gasteiger partial charge in [-0.05, 0) is 7.05 Å². The van der Waals surface area contributed by atoms with Crippen LogP contribution in [-0.2, 0) is 13.1 Å². The van der Waals surface area contributed by atoms with Gasteiger partial charge in [-0.3, -0.25) is 0 Å². The molecule has 0 aliphatic rings. The number of aromatic nitrogens is 3. The number of halogens is 2. The Morgan fingerprint density at radius 2 is 2.42 bits per heavy atom. The lowest BCUT2D eigenvalue weighted by Gasteiger charge is -2.03. The summed E-state index contributed by atoms with van der Waals surface area (Å²) in [7, 11) is 1.72. The zero-order valence-electron chi connectivity index (χ0n) is 6.67. The van der Waals surface area contributed by atoms with Gasteiger partial charge in [0, 0.05) is 0 Å². The Hall–Kier alpha value is -1.04. The van der Waals surface area contributed by atoms with Gasteiger partial charge in [-0.15, -0.1) is 0 Å². The summed E-state index contributed by atoms with van der Waals surface area (Å²) in [5.41, 5.74) is 0. The maximum atomic E-state index is 11.9. The summed E-state index contributed by atoms with van der Waals surface area (Å²) in [5.74, 6) is 0.526. The van der Waals surface area contributed by atoms with Crippen LogP contribution in [0.5, 0.6) is 0 Å². The van der Waals surface area contributed by atoms with E-state index in [0.717, 1.165) is 0 Å². The van der Waals surface area contributed by atoms with Gasteiger partial charge in [0.25, 0.3) is 6.43 Å². The molecule has 0 atom stereocenters. The first-order valence-electron chi connectivity index (χ1n) is 3.53. The van der Waals surface area contributed by atoms with Crippen molar-refractivity contribution >= 4 is 0 Å². The molecule has 1 aromatic rings. The second-order valence-electron chi connectivity index (χ2n) is 2.28. The number of nitrogens with one attached hydrogen (secondary N) is 1. The molecule has 0 saturated carbocycles. The Morgan fingerprint density at radius 1 is 1.67 bits per heavy atom. The third kappa shape index (κ3) is 2.23. The highest BCUT2D eigenvalue weighted by Crippen LogP contribution is 1.99. The Bertz CT molecular complexity index is 235. The normalized spacial score (nSPS) is 11.0. The predicted molar refractivity (Wildman–Crippen MR) is 38.8 cm³/mol. The molecule has 0 saturated heterocycles. The Morgan fingerprint density at radius 3 is 3.00 bits per heavy atom. The van der Waals surface area contributed by atoms with Crippen LogP contribution in [0.25, 0.3) is 0 Å². The SMILES string of the molecule is CNCc1ncnn1CC(F)F. The summed E-state index contributed by atoms with van der Waals surface area (Å²) in [6.07, 6.45) is -1.11. The first-order valence-corrected chi connectivity index (χ1v) is 3.53. The third-order valence-corrected chi connectivity index (χ3v) is 1.34. The standard InChI is InChI=1S/C6H10F2N4/c1-9-2-6-10-4-11-12(6)3-5(7)8/h4-5,9H,2-3H2,1H3. The lowest BCUT2D eigenvalue weighted by molar-refractivity contribution is 0.120. The Kier molecular flexibility index (Phi) is 3.09. The summed E-state index contributed by atoms with van der Waals surface area (Å²) >= 11 is 0. The average Bonchev–Trinajstić information content (AvgIpc) is 2.37. The van der Waals surface area contributed by atoms with Crippen molar-refractivity contribution < 1.29 is 8.78 Å². The molecule has 0 unspecified atom stereocenters. The van der Waals surface area contributed by atoms with Gasteiger partial charge < -0.3 is 5.32 Å². The number of hydrogen-bond donors (Lipinski definition) is 1. The minimum Gasteiger partial charge on any atom is -0.313 e. The van der Waals surface area contributed by atoms with Gasteiger partial charge in [0.1, 0.15) is 18.7 Å². The fourth-order valence-electron chi connectivity index (χ4n) is 0.866. The van der Waals surface area contributed by atoms with Crippen molar-refractivity contribution in [2.24, 2.45) is 0 Å². The van der Waals surface area contributed by atoms with Crippen LogP contribution < -0.4 is 5.32 Å². The predicted octanol–water partition coefficient (Wildman–Crippen LogP) is 0.263. The molecule has 12 heavy (non-hydrogen) atoms. The van der Waals surface area contributed by atoms with E-state index in [4.69, 9.17) is 0 Å². The number of hydrogen-bond acceptors (Lipinski definition) is 3. The Balaban J connectivity index is 2.63. The molecule has 1 rings (SSSR count). The van der Waals surface area contributed by atoms with Gasteiger partial charge in [-0.1, -0.05) is 0 Å². The molecule has 0 aromatic carbocycles. The second kappa shape index (κ2) is 4.10. The van der Waals surface area contributed by atoms with Gasteiger partial charge >= 0.3 is 0 Å². The largest absolute Gasteiger partial charge is 0.313 e. The Labute approximate surface area is 68.6 Å². The molecule has 1 heterocycles. The van der Waals surface area contributed by atoms with Crippen LogP contribution in [0.2, 0.25) is 0 Å². The molecule has 0 radical (unpaired) electrons. The van der Waals surface area contributed by atoms with Crippen molar-refractivity contribution in [1.82, 2.24) is 20.1 Å². The molecule has 0 amide bonds. The zero-order chi connectivity index (χ0) is 8.97. The first kappa shape index (κ1) is 9.05. The highest BCUT2D eigenvalue weighted by atomic mass is 19.3. The second-order valence-corrected chi connectivity index (χ2v) is 2.28. The van der Waals surface area contributed by atoms with Crippen molar-refractivity contribution in [2.75, 3.05) is 7.05 Å².